The number of oxime groups is 1. The van der Waals surface area contributed by atoms with Crippen LogP contribution in [0.5, 0.6) is 5.75 Å². The molecular formula is C14H18N2O3. The Kier molecular flexibility index (Phi) is 4.04. The highest BCUT2D eigenvalue weighted by Gasteiger charge is 2.30. The molecule has 1 aliphatic heterocycles. The van der Waals surface area contributed by atoms with Crippen LogP contribution in [-0.4, -0.2) is 28.9 Å². The molecule has 19 heavy (non-hydrogen) atoms. The van der Waals surface area contributed by atoms with Crippen LogP contribution in [0, 0.1) is 0 Å². The fraction of sp³-hybridized carbons (Fsp3) is 0.429. The molecule has 5 nitrogen and oxygen atoms in total. The molecule has 2 N–H and O–H groups in total. The lowest BCUT2D eigenvalue weighted by atomic mass is 10.0. The quantitative estimate of drug-likeness (QED) is 0.869. The first-order valence-electron chi connectivity index (χ1n) is 6.43. The Morgan fingerprint density at radius 3 is 3.00 bits per heavy atom. The molecule has 2 unspecified atom stereocenters. The van der Waals surface area contributed by atoms with Crippen molar-refractivity contribution in [2.24, 2.45) is 5.16 Å². The van der Waals surface area contributed by atoms with Crippen molar-refractivity contribution in [2.75, 3.05) is 0 Å². The van der Waals surface area contributed by atoms with Crippen molar-refractivity contribution < 1.29 is 14.7 Å². The molecule has 0 aromatic heterocycles. The predicted octanol–water partition coefficient (Wildman–Crippen LogP) is 1.80. The number of nitrogens with zero attached hydrogens (tertiary/aromatic N) is 1. The summed E-state index contributed by atoms with van der Waals surface area (Å²) >= 11 is 0. The number of phenolic OH excluding ortho intramolecular Hbond substituents is 1. The van der Waals surface area contributed by atoms with E-state index in [1.54, 1.807) is 18.2 Å². The van der Waals surface area contributed by atoms with Gasteiger partial charge in [-0.05, 0) is 25.5 Å². The van der Waals surface area contributed by atoms with Gasteiger partial charge >= 0.3 is 0 Å². The van der Waals surface area contributed by atoms with Gasteiger partial charge in [0.1, 0.15) is 5.75 Å². The molecule has 0 bridgehead atoms. The molecule has 0 aliphatic carbocycles. The first-order valence-corrected chi connectivity index (χ1v) is 6.43. The van der Waals surface area contributed by atoms with E-state index >= 15 is 0 Å². The molecule has 0 saturated heterocycles. The van der Waals surface area contributed by atoms with Crippen molar-refractivity contribution >= 4 is 11.6 Å². The van der Waals surface area contributed by atoms with Gasteiger partial charge in [0.05, 0.1) is 5.71 Å². The number of aromatic hydroxyl groups is 1. The Bertz CT molecular complexity index is 499. The van der Waals surface area contributed by atoms with Crippen molar-refractivity contribution in [3.05, 3.63) is 29.8 Å². The van der Waals surface area contributed by atoms with Crippen LogP contribution in [0.15, 0.2) is 29.4 Å². The average molecular weight is 262 g/mol. The third-order valence-corrected chi connectivity index (χ3v) is 3.18. The van der Waals surface area contributed by atoms with Gasteiger partial charge in [-0.3, -0.25) is 4.79 Å². The molecule has 5 heteroatoms. The first-order chi connectivity index (χ1) is 9.11. The maximum atomic E-state index is 11.9. The van der Waals surface area contributed by atoms with Gasteiger partial charge in [0.25, 0.3) is 5.91 Å². The summed E-state index contributed by atoms with van der Waals surface area (Å²) < 4.78 is 0. The van der Waals surface area contributed by atoms with Gasteiger partial charge in [-0.25, -0.2) is 0 Å². The first kappa shape index (κ1) is 13.4. The molecule has 1 aliphatic rings. The number of benzene rings is 1. The lowest BCUT2D eigenvalue weighted by Crippen LogP contribution is -2.39. The summed E-state index contributed by atoms with van der Waals surface area (Å²) in [5.41, 5.74) is 1.21. The molecule has 1 heterocycles. The van der Waals surface area contributed by atoms with E-state index in [1.165, 1.54) is 0 Å². The van der Waals surface area contributed by atoms with Crippen LogP contribution in [0.25, 0.3) is 0 Å². The van der Waals surface area contributed by atoms with Gasteiger partial charge in [-0.2, -0.15) is 0 Å². The molecule has 102 valence electrons. The van der Waals surface area contributed by atoms with Crippen LogP contribution in [0.4, 0.5) is 0 Å². The maximum Gasteiger partial charge on any atom is 0.264 e. The van der Waals surface area contributed by atoms with Crippen molar-refractivity contribution in [3.63, 3.8) is 0 Å². The zero-order valence-corrected chi connectivity index (χ0v) is 11.1. The fourth-order valence-electron chi connectivity index (χ4n) is 1.83. The minimum Gasteiger partial charge on any atom is -0.507 e. The molecular weight excluding hydrogens is 244 g/mol. The summed E-state index contributed by atoms with van der Waals surface area (Å²) in [5.74, 6) is -0.0173. The molecule has 0 spiro atoms. The number of hydrogen-bond acceptors (Lipinski definition) is 4. The molecule has 2 rings (SSSR count). The summed E-state index contributed by atoms with van der Waals surface area (Å²) in [6.07, 6.45) is 0.634. The molecule has 1 amide bonds. The summed E-state index contributed by atoms with van der Waals surface area (Å²) in [6.45, 7) is 3.95. The van der Waals surface area contributed by atoms with Gasteiger partial charge in [0.2, 0.25) is 6.10 Å². The van der Waals surface area contributed by atoms with Crippen molar-refractivity contribution in [1.29, 1.82) is 0 Å². The topological polar surface area (TPSA) is 70.9 Å². The number of para-hydroxylation sites is 1. The number of phenols is 1. The zero-order valence-electron chi connectivity index (χ0n) is 11.1. The Balaban J connectivity index is 2.00. The van der Waals surface area contributed by atoms with E-state index in [0.29, 0.717) is 17.7 Å². The smallest absolute Gasteiger partial charge is 0.264 e. The monoisotopic (exact) mass is 262 g/mol. The number of rotatable bonds is 4. The van der Waals surface area contributed by atoms with E-state index in [1.807, 2.05) is 19.9 Å². The van der Waals surface area contributed by atoms with Gasteiger partial charge in [-0.15, -0.1) is 0 Å². The third-order valence-electron chi connectivity index (χ3n) is 3.18. The lowest BCUT2D eigenvalue weighted by molar-refractivity contribution is -0.131. The highest BCUT2D eigenvalue weighted by Crippen LogP contribution is 2.23. The molecule has 2 atom stereocenters. The number of carbonyl (C=O) groups is 1. The van der Waals surface area contributed by atoms with E-state index < -0.39 is 6.10 Å². The van der Waals surface area contributed by atoms with E-state index in [0.717, 1.165) is 6.42 Å². The van der Waals surface area contributed by atoms with Crippen LogP contribution in [0.1, 0.15) is 32.3 Å². The van der Waals surface area contributed by atoms with Crippen LogP contribution in [-0.2, 0) is 9.63 Å². The summed E-state index contributed by atoms with van der Waals surface area (Å²) in [6, 6.07) is 7.01. The second-order valence-electron chi connectivity index (χ2n) is 4.67. The van der Waals surface area contributed by atoms with Gasteiger partial charge in [0.15, 0.2) is 0 Å². The van der Waals surface area contributed by atoms with E-state index in [4.69, 9.17) is 4.84 Å². The van der Waals surface area contributed by atoms with Gasteiger partial charge < -0.3 is 15.3 Å². The number of carbonyl (C=O) groups excluding carboxylic acids is 1. The molecule has 0 fully saturated rings. The number of amides is 1. The largest absolute Gasteiger partial charge is 0.507 e. The van der Waals surface area contributed by atoms with Crippen LogP contribution >= 0.6 is 0 Å². The Morgan fingerprint density at radius 2 is 2.32 bits per heavy atom. The van der Waals surface area contributed by atoms with Gasteiger partial charge in [0, 0.05) is 18.0 Å². The Hall–Kier alpha value is -2.04. The number of nitrogens with one attached hydrogen (secondary N) is 1. The summed E-state index contributed by atoms with van der Waals surface area (Å²) in [4.78, 5) is 17.1. The summed E-state index contributed by atoms with van der Waals surface area (Å²) in [7, 11) is 0. The minimum absolute atomic E-state index is 0.116. The average Bonchev–Trinajstić information content (AvgIpc) is 2.88. The molecule has 1 aromatic carbocycles. The van der Waals surface area contributed by atoms with Crippen molar-refractivity contribution in [2.45, 2.75) is 38.8 Å². The highest BCUT2D eigenvalue weighted by atomic mass is 16.6. The van der Waals surface area contributed by atoms with E-state index in [2.05, 4.69) is 10.5 Å². The van der Waals surface area contributed by atoms with Crippen LogP contribution < -0.4 is 5.32 Å². The standard InChI is InChI=1S/C14H18N2O3/c1-3-9(2)15-14(18)13-8-11(16-19-13)10-6-4-5-7-12(10)17/h4-7,9,13,17H,3,8H2,1-2H3,(H,15,18). The maximum absolute atomic E-state index is 11.9. The second kappa shape index (κ2) is 5.73. The minimum atomic E-state index is -0.608. The van der Waals surface area contributed by atoms with E-state index in [9.17, 15) is 9.90 Å². The van der Waals surface area contributed by atoms with Crippen molar-refractivity contribution in [1.82, 2.24) is 5.32 Å². The van der Waals surface area contributed by atoms with Gasteiger partial charge in [-0.1, -0.05) is 24.2 Å². The fourth-order valence-corrected chi connectivity index (χ4v) is 1.83. The van der Waals surface area contributed by atoms with Crippen LogP contribution in [0.2, 0.25) is 0 Å². The second-order valence-corrected chi connectivity index (χ2v) is 4.67. The predicted molar refractivity (Wildman–Crippen MR) is 72.0 cm³/mol. The van der Waals surface area contributed by atoms with E-state index in [-0.39, 0.29) is 17.7 Å². The molecule has 0 radical (unpaired) electrons. The van der Waals surface area contributed by atoms with Crippen LogP contribution in [0.3, 0.4) is 0 Å². The lowest BCUT2D eigenvalue weighted by Gasteiger charge is -2.14. The molecule has 1 aromatic rings. The number of hydrogen-bond donors (Lipinski definition) is 2. The highest BCUT2D eigenvalue weighted by molar-refractivity contribution is 6.05. The summed E-state index contributed by atoms with van der Waals surface area (Å²) in [5, 5.41) is 16.5. The van der Waals surface area contributed by atoms with Crippen molar-refractivity contribution in [3.8, 4) is 5.75 Å². The Labute approximate surface area is 112 Å². The zero-order chi connectivity index (χ0) is 13.8. The normalized spacial score (nSPS) is 19.5. The third kappa shape index (κ3) is 3.05. The Morgan fingerprint density at radius 1 is 1.58 bits per heavy atom. The molecule has 0 saturated carbocycles. The SMILES string of the molecule is CCC(C)NC(=O)C1CC(c2ccccc2O)=NO1.